The first-order valence-electron chi connectivity index (χ1n) is 6.36. The molecule has 6 nitrogen and oxygen atoms in total. The molecule has 1 aliphatic heterocycles. The van der Waals surface area contributed by atoms with Crippen LogP contribution < -0.4 is 5.76 Å². The van der Waals surface area contributed by atoms with Crippen LogP contribution in [0.15, 0.2) is 33.5 Å². The lowest BCUT2D eigenvalue weighted by atomic mass is 10.2. The minimum Gasteiger partial charge on any atom is -0.388 e. The van der Waals surface area contributed by atoms with Gasteiger partial charge >= 0.3 is 5.76 Å². The average molecular weight is 279 g/mol. The van der Waals surface area contributed by atoms with Crippen molar-refractivity contribution >= 4 is 0 Å². The zero-order valence-corrected chi connectivity index (χ0v) is 10.8. The highest BCUT2D eigenvalue weighted by molar-refractivity contribution is 5.51. The van der Waals surface area contributed by atoms with Crippen molar-refractivity contribution in [3.05, 3.63) is 40.6 Å². The number of rotatable bonds is 3. The molecule has 0 aliphatic carbocycles. The third-order valence-corrected chi connectivity index (χ3v) is 3.14. The Morgan fingerprint density at radius 3 is 2.60 bits per heavy atom. The van der Waals surface area contributed by atoms with E-state index in [1.165, 1.54) is 28.9 Å². The number of ether oxygens (including phenoxy) is 1. The molecule has 2 aromatic rings. The summed E-state index contributed by atoms with van der Waals surface area (Å²) in [6.07, 6.45) is 0. The fourth-order valence-electron chi connectivity index (χ4n) is 2.04. The van der Waals surface area contributed by atoms with Crippen molar-refractivity contribution in [2.45, 2.75) is 6.67 Å². The molecule has 3 rings (SSSR count). The second-order valence-electron chi connectivity index (χ2n) is 4.55. The molecular weight excluding hydrogens is 265 g/mol. The molecule has 20 heavy (non-hydrogen) atoms. The zero-order chi connectivity index (χ0) is 13.9. The molecule has 0 amide bonds. The van der Waals surface area contributed by atoms with Crippen LogP contribution in [-0.2, 0) is 11.4 Å². The minimum atomic E-state index is -0.518. The summed E-state index contributed by atoms with van der Waals surface area (Å²) in [7, 11) is 0. The van der Waals surface area contributed by atoms with E-state index in [9.17, 15) is 9.18 Å². The predicted molar refractivity (Wildman–Crippen MR) is 68.5 cm³/mol. The van der Waals surface area contributed by atoms with Gasteiger partial charge in [-0.2, -0.15) is 4.68 Å². The van der Waals surface area contributed by atoms with Gasteiger partial charge in [-0.15, -0.1) is 5.10 Å². The highest BCUT2D eigenvalue weighted by atomic mass is 19.1. The summed E-state index contributed by atoms with van der Waals surface area (Å²) in [5, 5.41) is 4.14. The van der Waals surface area contributed by atoms with Crippen LogP contribution in [0.4, 0.5) is 4.39 Å². The Morgan fingerprint density at radius 2 is 1.90 bits per heavy atom. The number of halogens is 1. The molecule has 1 aromatic carbocycles. The molecule has 0 spiro atoms. The van der Waals surface area contributed by atoms with Crippen LogP contribution in [-0.4, -0.2) is 41.0 Å². The summed E-state index contributed by atoms with van der Waals surface area (Å²) >= 11 is 0. The predicted octanol–water partition coefficient (Wildman–Crippen LogP) is 0.932. The van der Waals surface area contributed by atoms with E-state index >= 15 is 0 Å². The van der Waals surface area contributed by atoms with Crippen LogP contribution in [0.25, 0.3) is 11.5 Å². The van der Waals surface area contributed by atoms with Gasteiger partial charge in [0.25, 0.3) is 0 Å². The third kappa shape index (κ3) is 2.78. The summed E-state index contributed by atoms with van der Waals surface area (Å²) in [4.78, 5) is 13.8. The lowest BCUT2D eigenvalue weighted by Crippen LogP contribution is -2.39. The van der Waals surface area contributed by atoms with Gasteiger partial charge in [0, 0.05) is 18.7 Å². The van der Waals surface area contributed by atoms with Crippen LogP contribution in [0, 0.1) is 5.82 Å². The van der Waals surface area contributed by atoms with E-state index in [-0.39, 0.29) is 11.7 Å². The van der Waals surface area contributed by atoms with E-state index in [1.807, 2.05) is 0 Å². The number of aromatic nitrogens is 2. The summed E-state index contributed by atoms with van der Waals surface area (Å²) in [6.45, 7) is 3.18. The summed E-state index contributed by atoms with van der Waals surface area (Å²) in [5.74, 6) is -0.664. The Hall–Kier alpha value is -1.99. The molecule has 0 atom stereocenters. The quantitative estimate of drug-likeness (QED) is 0.836. The van der Waals surface area contributed by atoms with Crippen molar-refractivity contribution in [3.8, 4) is 11.5 Å². The second kappa shape index (κ2) is 5.56. The largest absolute Gasteiger partial charge is 0.438 e. The number of benzene rings is 1. The standard InChI is InChI=1S/C13H14FN3O3/c14-11-3-1-10(2-4-11)12-15-17(13(18)20-12)9-16-5-7-19-8-6-16/h1-4H,5-9H2. The summed E-state index contributed by atoms with van der Waals surface area (Å²) < 4.78 is 24.5. The van der Waals surface area contributed by atoms with E-state index in [1.54, 1.807) is 0 Å². The fraction of sp³-hybridized carbons (Fsp3) is 0.385. The Balaban J connectivity index is 1.79. The van der Waals surface area contributed by atoms with Crippen LogP contribution >= 0.6 is 0 Å². The molecule has 0 unspecified atom stereocenters. The zero-order valence-electron chi connectivity index (χ0n) is 10.8. The molecule has 1 fully saturated rings. The van der Waals surface area contributed by atoms with Gasteiger partial charge in [-0.05, 0) is 24.3 Å². The molecule has 1 aromatic heterocycles. The topological polar surface area (TPSA) is 60.5 Å². The lowest BCUT2D eigenvalue weighted by molar-refractivity contribution is 0.0202. The molecule has 0 N–H and O–H groups in total. The highest BCUT2D eigenvalue weighted by Gasteiger charge is 2.15. The number of morpholine rings is 1. The van der Waals surface area contributed by atoms with Gasteiger partial charge < -0.3 is 9.15 Å². The summed E-state index contributed by atoms with van der Waals surface area (Å²) in [5.41, 5.74) is 0.573. The summed E-state index contributed by atoms with van der Waals surface area (Å²) in [6, 6.07) is 5.66. The van der Waals surface area contributed by atoms with Crippen molar-refractivity contribution < 1.29 is 13.5 Å². The smallest absolute Gasteiger partial charge is 0.388 e. The maximum Gasteiger partial charge on any atom is 0.438 e. The average Bonchev–Trinajstić information content (AvgIpc) is 2.82. The van der Waals surface area contributed by atoms with Crippen molar-refractivity contribution in [1.29, 1.82) is 0 Å². The van der Waals surface area contributed by atoms with Crippen molar-refractivity contribution in [1.82, 2.24) is 14.7 Å². The maximum atomic E-state index is 12.9. The lowest BCUT2D eigenvalue weighted by Gasteiger charge is -2.25. The SMILES string of the molecule is O=c1oc(-c2ccc(F)cc2)nn1CN1CCOCC1. The van der Waals surface area contributed by atoms with Crippen molar-refractivity contribution in [3.63, 3.8) is 0 Å². The Morgan fingerprint density at radius 1 is 1.20 bits per heavy atom. The Kier molecular flexibility index (Phi) is 3.62. The van der Waals surface area contributed by atoms with Crippen molar-refractivity contribution in [2.75, 3.05) is 26.3 Å². The molecule has 7 heteroatoms. The van der Waals surface area contributed by atoms with Gasteiger partial charge in [0.15, 0.2) is 0 Å². The van der Waals surface area contributed by atoms with E-state index in [4.69, 9.17) is 9.15 Å². The number of hydrogen-bond donors (Lipinski definition) is 0. The normalized spacial score (nSPS) is 16.4. The molecule has 0 saturated carbocycles. The van der Waals surface area contributed by atoms with Crippen LogP contribution in [0.2, 0.25) is 0 Å². The Bertz CT molecular complexity index is 629. The van der Waals surface area contributed by atoms with E-state index < -0.39 is 5.76 Å². The van der Waals surface area contributed by atoms with Gasteiger partial charge in [0.2, 0.25) is 5.89 Å². The molecular formula is C13H14FN3O3. The van der Waals surface area contributed by atoms with Gasteiger partial charge in [0.1, 0.15) is 12.5 Å². The van der Waals surface area contributed by atoms with Gasteiger partial charge in [-0.1, -0.05) is 0 Å². The molecule has 1 saturated heterocycles. The maximum absolute atomic E-state index is 12.9. The molecule has 106 valence electrons. The Labute approximate surface area is 114 Å². The number of hydrogen-bond acceptors (Lipinski definition) is 5. The van der Waals surface area contributed by atoms with Gasteiger partial charge in [0.05, 0.1) is 13.2 Å². The van der Waals surface area contributed by atoms with Gasteiger partial charge in [-0.3, -0.25) is 4.90 Å². The van der Waals surface area contributed by atoms with Crippen molar-refractivity contribution in [2.24, 2.45) is 0 Å². The first-order chi connectivity index (χ1) is 9.72. The van der Waals surface area contributed by atoms with Crippen LogP contribution in [0.5, 0.6) is 0 Å². The van der Waals surface area contributed by atoms with Crippen LogP contribution in [0.3, 0.4) is 0 Å². The first-order valence-corrected chi connectivity index (χ1v) is 6.36. The molecule has 2 heterocycles. The molecule has 0 bridgehead atoms. The monoisotopic (exact) mass is 279 g/mol. The highest BCUT2D eigenvalue weighted by Crippen LogP contribution is 2.15. The third-order valence-electron chi connectivity index (χ3n) is 3.14. The molecule has 0 radical (unpaired) electrons. The van der Waals surface area contributed by atoms with Gasteiger partial charge in [-0.25, -0.2) is 9.18 Å². The van der Waals surface area contributed by atoms with E-state index in [0.717, 1.165) is 13.1 Å². The van der Waals surface area contributed by atoms with E-state index in [0.29, 0.717) is 25.4 Å². The first kappa shape index (κ1) is 13.0. The molecule has 1 aliphatic rings. The fourth-order valence-corrected chi connectivity index (χ4v) is 2.04. The van der Waals surface area contributed by atoms with Crippen LogP contribution in [0.1, 0.15) is 0 Å². The van der Waals surface area contributed by atoms with E-state index in [2.05, 4.69) is 10.00 Å². The minimum absolute atomic E-state index is 0.197. The second-order valence-corrected chi connectivity index (χ2v) is 4.55. The number of nitrogens with zero attached hydrogens (tertiary/aromatic N) is 3.